The van der Waals surface area contributed by atoms with Crippen molar-refractivity contribution in [2.45, 2.75) is 20.8 Å². The third-order valence-corrected chi connectivity index (χ3v) is 5.91. The number of ether oxygens (including phenoxy) is 2. The number of hydrogen-bond donors (Lipinski definition) is 1. The summed E-state index contributed by atoms with van der Waals surface area (Å²) in [4.78, 5) is 31.2. The van der Waals surface area contributed by atoms with Crippen LogP contribution in [0, 0.1) is 20.8 Å². The molecule has 1 amide bonds. The number of pyridine rings is 1. The van der Waals surface area contributed by atoms with Crippen molar-refractivity contribution in [3.05, 3.63) is 58.1 Å². The van der Waals surface area contributed by atoms with Gasteiger partial charge in [-0.05, 0) is 62.7 Å². The molecule has 3 heterocycles. The fraction of sp³-hybridized carbons (Fsp3) is 0.217. The molecular formula is C23H21N3O5S. The molecule has 0 aliphatic rings. The van der Waals surface area contributed by atoms with Gasteiger partial charge in [-0.2, -0.15) is 0 Å². The Kier molecular flexibility index (Phi) is 5.91. The highest BCUT2D eigenvalue weighted by Crippen LogP contribution is 2.32. The van der Waals surface area contributed by atoms with E-state index in [2.05, 4.69) is 20.2 Å². The standard InChI is InChI=1S/C23H21N3O5S/c1-12-9-15(30-11-20(27)29-4)6-7-17(12)24-22(28)16-10-18(19-8-5-13(2)32-19)25-23-21(16)14(3)26-31-23/h5-10H,11H2,1-4H3,(H,24,28). The van der Waals surface area contributed by atoms with Gasteiger partial charge in [-0.25, -0.2) is 9.78 Å². The Morgan fingerprint density at radius 1 is 1.12 bits per heavy atom. The largest absolute Gasteiger partial charge is 0.482 e. The van der Waals surface area contributed by atoms with Crippen LogP contribution < -0.4 is 10.1 Å². The summed E-state index contributed by atoms with van der Waals surface area (Å²) < 4.78 is 15.3. The van der Waals surface area contributed by atoms with Gasteiger partial charge < -0.3 is 19.3 Å². The molecule has 0 aliphatic carbocycles. The number of aryl methyl sites for hydroxylation is 3. The third-order valence-electron chi connectivity index (χ3n) is 4.88. The molecule has 0 saturated carbocycles. The number of methoxy groups -OCH3 is 1. The van der Waals surface area contributed by atoms with E-state index in [1.165, 1.54) is 7.11 Å². The molecule has 0 atom stereocenters. The van der Waals surface area contributed by atoms with Crippen molar-refractivity contribution < 1.29 is 23.6 Å². The number of anilines is 1. The second-order valence-corrected chi connectivity index (χ2v) is 8.50. The quantitative estimate of drug-likeness (QED) is 0.425. The van der Waals surface area contributed by atoms with Crippen molar-refractivity contribution in [3.63, 3.8) is 0 Å². The number of carbonyl (C=O) groups is 2. The second-order valence-electron chi connectivity index (χ2n) is 7.21. The number of aromatic nitrogens is 2. The number of benzene rings is 1. The van der Waals surface area contributed by atoms with Gasteiger partial charge in [0.2, 0.25) is 0 Å². The average Bonchev–Trinajstić information content (AvgIpc) is 3.38. The van der Waals surface area contributed by atoms with Crippen molar-refractivity contribution in [1.29, 1.82) is 0 Å². The van der Waals surface area contributed by atoms with Crippen LogP contribution in [0.15, 0.2) is 40.9 Å². The minimum atomic E-state index is -0.470. The van der Waals surface area contributed by atoms with E-state index in [4.69, 9.17) is 9.26 Å². The first-order valence-electron chi connectivity index (χ1n) is 9.81. The summed E-state index contributed by atoms with van der Waals surface area (Å²) in [7, 11) is 1.30. The van der Waals surface area contributed by atoms with Gasteiger partial charge in [0.25, 0.3) is 11.6 Å². The van der Waals surface area contributed by atoms with Gasteiger partial charge in [0, 0.05) is 10.6 Å². The predicted octanol–water partition coefficient (Wildman–Crippen LogP) is 4.68. The fourth-order valence-corrected chi connectivity index (χ4v) is 4.06. The van der Waals surface area contributed by atoms with E-state index < -0.39 is 5.97 Å². The molecule has 3 aromatic heterocycles. The van der Waals surface area contributed by atoms with E-state index in [0.717, 1.165) is 15.3 Å². The highest BCUT2D eigenvalue weighted by atomic mass is 32.1. The maximum absolute atomic E-state index is 13.3. The van der Waals surface area contributed by atoms with E-state index in [9.17, 15) is 9.59 Å². The van der Waals surface area contributed by atoms with Gasteiger partial charge in [0.05, 0.1) is 34.3 Å². The Morgan fingerprint density at radius 2 is 1.94 bits per heavy atom. The minimum Gasteiger partial charge on any atom is -0.482 e. The summed E-state index contributed by atoms with van der Waals surface area (Å²) in [5, 5.41) is 7.51. The Labute approximate surface area is 188 Å². The van der Waals surface area contributed by atoms with Gasteiger partial charge in [-0.3, -0.25) is 4.79 Å². The number of hydrogen-bond acceptors (Lipinski definition) is 8. The molecule has 4 aromatic rings. The van der Waals surface area contributed by atoms with Gasteiger partial charge in [0.1, 0.15) is 5.75 Å². The van der Waals surface area contributed by atoms with Gasteiger partial charge in [-0.15, -0.1) is 11.3 Å². The van der Waals surface area contributed by atoms with Crippen LogP contribution in [0.25, 0.3) is 21.7 Å². The summed E-state index contributed by atoms with van der Waals surface area (Å²) >= 11 is 1.59. The first kappa shape index (κ1) is 21.5. The van der Waals surface area contributed by atoms with Gasteiger partial charge in [-0.1, -0.05) is 5.16 Å². The third kappa shape index (κ3) is 4.33. The van der Waals surface area contributed by atoms with Crippen LogP contribution in [0.2, 0.25) is 0 Å². The number of amides is 1. The van der Waals surface area contributed by atoms with E-state index in [0.29, 0.717) is 39.5 Å². The van der Waals surface area contributed by atoms with Crippen molar-refractivity contribution in [3.8, 4) is 16.3 Å². The average molecular weight is 452 g/mol. The molecule has 4 rings (SSSR count). The topological polar surface area (TPSA) is 104 Å². The van der Waals surface area contributed by atoms with E-state index in [1.807, 2.05) is 26.0 Å². The van der Waals surface area contributed by atoms with Crippen LogP contribution in [-0.2, 0) is 9.53 Å². The molecule has 32 heavy (non-hydrogen) atoms. The van der Waals surface area contributed by atoms with E-state index in [1.54, 1.807) is 42.5 Å². The lowest BCUT2D eigenvalue weighted by molar-refractivity contribution is -0.142. The molecule has 0 radical (unpaired) electrons. The molecule has 8 nitrogen and oxygen atoms in total. The zero-order valence-corrected chi connectivity index (χ0v) is 18.8. The highest BCUT2D eigenvalue weighted by molar-refractivity contribution is 7.15. The molecule has 0 unspecified atom stereocenters. The lowest BCUT2D eigenvalue weighted by Crippen LogP contribution is -2.15. The lowest BCUT2D eigenvalue weighted by atomic mass is 10.1. The molecule has 9 heteroatoms. The summed E-state index contributed by atoms with van der Waals surface area (Å²) in [5.41, 5.74) is 3.39. The Bertz CT molecular complexity index is 1320. The van der Waals surface area contributed by atoms with Crippen molar-refractivity contribution in [1.82, 2.24) is 10.1 Å². The number of nitrogens with zero attached hydrogens (tertiary/aromatic N) is 2. The molecule has 0 spiro atoms. The number of carbonyl (C=O) groups excluding carboxylic acids is 2. The number of nitrogens with one attached hydrogen (secondary N) is 1. The number of fused-ring (bicyclic) bond motifs is 1. The molecule has 1 aromatic carbocycles. The molecule has 164 valence electrons. The molecule has 0 bridgehead atoms. The number of thiophene rings is 1. The van der Waals surface area contributed by atoms with E-state index >= 15 is 0 Å². The maximum atomic E-state index is 13.3. The van der Waals surface area contributed by atoms with Crippen LogP contribution >= 0.6 is 11.3 Å². The first-order valence-corrected chi connectivity index (χ1v) is 10.6. The maximum Gasteiger partial charge on any atom is 0.343 e. The van der Waals surface area contributed by atoms with Crippen molar-refractivity contribution in [2.24, 2.45) is 0 Å². The summed E-state index contributed by atoms with van der Waals surface area (Å²) in [5.74, 6) is -0.269. The zero-order chi connectivity index (χ0) is 22.8. The number of rotatable bonds is 6. The molecule has 0 saturated heterocycles. The SMILES string of the molecule is COC(=O)COc1ccc(NC(=O)c2cc(-c3ccc(C)s3)nc3onc(C)c23)c(C)c1. The lowest BCUT2D eigenvalue weighted by Gasteiger charge is -2.12. The van der Waals surface area contributed by atoms with Crippen LogP contribution in [-0.4, -0.2) is 35.7 Å². The summed E-state index contributed by atoms with van der Waals surface area (Å²) in [6.07, 6.45) is 0. The van der Waals surface area contributed by atoms with Crippen LogP contribution in [0.5, 0.6) is 5.75 Å². The Balaban J connectivity index is 1.64. The van der Waals surface area contributed by atoms with Gasteiger partial charge in [0.15, 0.2) is 6.61 Å². The van der Waals surface area contributed by atoms with Crippen LogP contribution in [0.4, 0.5) is 5.69 Å². The molecular weight excluding hydrogens is 430 g/mol. The van der Waals surface area contributed by atoms with Crippen LogP contribution in [0.3, 0.4) is 0 Å². The van der Waals surface area contributed by atoms with Crippen molar-refractivity contribution in [2.75, 3.05) is 19.0 Å². The second kappa shape index (κ2) is 8.80. The van der Waals surface area contributed by atoms with Gasteiger partial charge >= 0.3 is 5.97 Å². The zero-order valence-electron chi connectivity index (χ0n) is 18.0. The predicted molar refractivity (Wildman–Crippen MR) is 121 cm³/mol. The Hall–Kier alpha value is -3.72. The fourth-order valence-electron chi connectivity index (χ4n) is 3.23. The molecule has 1 N–H and O–H groups in total. The van der Waals surface area contributed by atoms with Crippen molar-refractivity contribution >= 4 is 40.0 Å². The highest BCUT2D eigenvalue weighted by Gasteiger charge is 2.20. The normalized spacial score (nSPS) is 10.9. The first-order chi connectivity index (χ1) is 15.4. The van der Waals surface area contributed by atoms with Crippen LogP contribution in [0.1, 0.15) is 26.5 Å². The molecule has 0 fully saturated rings. The summed E-state index contributed by atoms with van der Waals surface area (Å²) in [6, 6.07) is 10.9. The van der Waals surface area contributed by atoms with E-state index in [-0.39, 0.29) is 12.5 Å². The summed E-state index contributed by atoms with van der Waals surface area (Å²) in [6.45, 7) is 5.44. The minimum absolute atomic E-state index is 0.186. The number of esters is 1. The monoisotopic (exact) mass is 451 g/mol. The molecule has 0 aliphatic heterocycles. The smallest absolute Gasteiger partial charge is 0.343 e. The Morgan fingerprint density at radius 3 is 2.62 bits per heavy atom.